The molecule has 0 aromatic heterocycles. The Kier molecular flexibility index (Phi) is 10.5. The molecule has 4 N–H and O–H groups in total. The lowest BCUT2D eigenvalue weighted by Gasteiger charge is -2.19. The summed E-state index contributed by atoms with van der Waals surface area (Å²) in [6, 6.07) is 19.1. The highest BCUT2D eigenvalue weighted by Crippen LogP contribution is 2.18. The lowest BCUT2D eigenvalue weighted by atomic mass is 10.0. The number of rotatable bonds is 8. The second-order valence-electron chi connectivity index (χ2n) is 12.0. The molecule has 3 rings (SSSR count). The third kappa shape index (κ3) is 11.1. The van der Waals surface area contributed by atoms with Crippen LogP contribution in [0.5, 0.6) is 0 Å². The maximum Gasteiger partial charge on any atom is 0.407 e. The number of benzene rings is 3. The number of carbonyl (C=O) groups is 4. The zero-order valence-electron chi connectivity index (χ0n) is 25.7. The van der Waals surface area contributed by atoms with Crippen LogP contribution in [0.4, 0.5) is 21.0 Å². The second kappa shape index (κ2) is 13.9. The van der Waals surface area contributed by atoms with Gasteiger partial charge in [0, 0.05) is 35.6 Å². The van der Waals surface area contributed by atoms with E-state index in [9.17, 15) is 19.2 Å². The minimum Gasteiger partial charge on any atom is -0.444 e. The van der Waals surface area contributed by atoms with Crippen LogP contribution in [-0.4, -0.2) is 35.2 Å². The highest BCUT2D eigenvalue weighted by Gasteiger charge is 2.17. The molecule has 0 saturated carbocycles. The van der Waals surface area contributed by atoms with E-state index < -0.39 is 23.4 Å². The van der Waals surface area contributed by atoms with E-state index in [1.165, 1.54) is 0 Å². The molecule has 0 unspecified atom stereocenters. The number of carbonyl (C=O) groups excluding carboxylic acids is 4. The number of alkyl carbamates (subject to hydrolysis) is 2. The lowest BCUT2D eigenvalue weighted by molar-refractivity contribution is 0.0512. The average Bonchev–Trinajstić information content (AvgIpc) is 2.90. The van der Waals surface area contributed by atoms with Gasteiger partial charge in [-0.25, -0.2) is 9.59 Å². The molecule has 0 bridgehead atoms. The summed E-state index contributed by atoms with van der Waals surface area (Å²) in [4.78, 5) is 49.5. The number of nitrogens with one attached hydrogen (secondary N) is 4. The van der Waals surface area contributed by atoms with Gasteiger partial charge in [-0.15, -0.1) is 0 Å². The van der Waals surface area contributed by atoms with E-state index >= 15 is 0 Å². The largest absolute Gasteiger partial charge is 0.444 e. The Labute approximate surface area is 252 Å². The highest BCUT2D eigenvalue weighted by atomic mass is 16.6. The van der Waals surface area contributed by atoms with Gasteiger partial charge in [0.25, 0.3) is 11.8 Å². The molecule has 0 atom stereocenters. The summed E-state index contributed by atoms with van der Waals surface area (Å²) in [5.41, 5.74) is 3.23. The first-order valence-electron chi connectivity index (χ1n) is 13.9. The molecule has 0 heterocycles. The van der Waals surface area contributed by atoms with Crippen LogP contribution < -0.4 is 21.3 Å². The fraction of sp³-hybridized carbons (Fsp3) is 0.333. The van der Waals surface area contributed by atoms with Crippen LogP contribution in [0.2, 0.25) is 0 Å². The predicted octanol–water partition coefficient (Wildman–Crippen LogP) is 6.55. The van der Waals surface area contributed by atoms with Crippen molar-refractivity contribution in [3.05, 3.63) is 94.5 Å². The molecule has 4 amide bonds. The number of ether oxygens (including phenoxy) is 2. The normalized spacial score (nSPS) is 11.2. The molecule has 0 fully saturated rings. The van der Waals surface area contributed by atoms with E-state index in [2.05, 4.69) is 21.3 Å². The number of amides is 4. The Morgan fingerprint density at radius 3 is 1.42 bits per heavy atom. The van der Waals surface area contributed by atoms with E-state index in [1.807, 2.05) is 0 Å². The molecule has 10 nitrogen and oxygen atoms in total. The molecule has 43 heavy (non-hydrogen) atoms. The number of aryl methyl sites for hydroxylation is 1. The summed E-state index contributed by atoms with van der Waals surface area (Å²) in [5, 5.41) is 11.1. The van der Waals surface area contributed by atoms with Gasteiger partial charge in [-0.2, -0.15) is 0 Å². The van der Waals surface area contributed by atoms with Crippen molar-refractivity contribution in [2.45, 2.75) is 72.8 Å². The predicted molar refractivity (Wildman–Crippen MR) is 166 cm³/mol. The van der Waals surface area contributed by atoms with Gasteiger partial charge in [0.05, 0.1) is 0 Å². The highest BCUT2D eigenvalue weighted by molar-refractivity contribution is 6.08. The SMILES string of the molecule is Cc1cc(C(=O)Nc2ccc(CNC(=O)OC(C)(C)C)cc2)ccc1C(=O)Nc1ccc(CNC(=O)OC(C)(C)C)cc1. The van der Waals surface area contributed by atoms with Crippen LogP contribution in [0.25, 0.3) is 0 Å². The molecule has 0 spiro atoms. The molecule has 0 radical (unpaired) electrons. The topological polar surface area (TPSA) is 135 Å². The fourth-order valence-electron chi connectivity index (χ4n) is 3.85. The monoisotopic (exact) mass is 588 g/mol. The van der Waals surface area contributed by atoms with Crippen LogP contribution in [0.3, 0.4) is 0 Å². The first kappa shape index (κ1) is 32.7. The molecular weight excluding hydrogens is 548 g/mol. The molecule has 0 aliphatic rings. The van der Waals surface area contributed by atoms with Crippen LogP contribution >= 0.6 is 0 Å². The third-order valence-corrected chi connectivity index (χ3v) is 5.83. The quantitative estimate of drug-likeness (QED) is 0.236. The maximum absolute atomic E-state index is 12.9. The summed E-state index contributed by atoms with van der Waals surface area (Å²) in [5.74, 6) is -0.620. The van der Waals surface area contributed by atoms with Crippen LogP contribution in [0, 0.1) is 6.92 Å². The van der Waals surface area contributed by atoms with Crippen LogP contribution in [-0.2, 0) is 22.6 Å². The van der Waals surface area contributed by atoms with Crippen LogP contribution in [0.15, 0.2) is 66.7 Å². The van der Waals surface area contributed by atoms with Crippen molar-refractivity contribution in [1.82, 2.24) is 10.6 Å². The van der Waals surface area contributed by atoms with Gasteiger partial charge in [0.15, 0.2) is 0 Å². The lowest BCUT2D eigenvalue weighted by Crippen LogP contribution is -2.32. The second-order valence-corrected chi connectivity index (χ2v) is 12.0. The van der Waals surface area contributed by atoms with Gasteiger partial charge in [-0.05, 0) is 108 Å². The fourth-order valence-corrected chi connectivity index (χ4v) is 3.85. The summed E-state index contributed by atoms with van der Waals surface area (Å²) in [7, 11) is 0. The molecule has 3 aromatic rings. The number of hydrogen-bond acceptors (Lipinski definition) is 6. The van der Waals surface area contributed by atoms with Gasteiger partial charge in [0.1, 0.15) is 11.2 Å². The van der Waals surface area contributed by atoms with Crippen LogP contribution in [0.1, 0.15) is 78.9 Å². The molecule has 0 aliphatic carbocycles. The van der Waals surface area contributed by atoms with Crippen molar-refractivity contribution in [3.8, 4) is 0 Å². The molecule has 0 aliphatic heterocycles. The molecule has 228 valence electrons. The van der Waals surface area contributed by atoms with Crippen molar-refractivity contribution in [3.63, 3.8) is 0 Å². The number of anilines is 2. The maximum atomic E-state index is 12.9. The van der Waals surface area contributed by atoms with Gasteiger partial charge in [0.2, 0.25) is 0 Å². The van der Waals surface area contributed by atoms with Gasteiger partial charge in [-0.1, -0.05) is 24.3 Å². The number of hydrogen-bond donors (Lipinski definition) is 4. The standard InChI is InChI=1S/C33H40N4O6/c1-21-18-24(28(38)36-25-13-8-22(9-14-25)19-34-30(40)42-32(2,3)4)12-17-27(21)29(39)37-26-15-10-23(11-16-26)20-35-31(41)43-33(5,6)7/h8-18H,19-20H2,1-7H3,(H,34,40)(H,35,41)(H,36,38)(H,37,39). The Hall–Kier alpha value is -4.86. The first-order chi connectivity index (χ1) is 20.1. The van der Waals surface area contributed by atoms with E-state index in [4.69, 9.17) is 9.47 Å². The Balaban J connectivity index is 1.52. The van der Waals surface area contributed by atoms with Gasteiger partial charge in [-0.3, -0.25) is 9.59 Å². The van der Waals surface area contributed by atoms with Crippen molar-refractivity contribution >= 4 is 35.4 Å². The third-order valence-electron chi connectivity index (χ3n) is 5.83. The Bertz CT molecular complexity index is 1450. The molecular formula is C33H40N4O6. The average molecular weight is 589 g/mol. The zero-order valence-corrected chi connectivity index (χ0v) is 25.7. The molecule has 0 saturated heterocycles. The van der Waals surface area contributed by atoms with Gasteiger partial charge < -0.3 is 30.7 Å². The summed E-state index contributed by atoms with van der Waals surface area (Å²) < 4.78 is 10.5. The van der Waals surface area contributed by atoms with E-state index in [0.29, 0.717) is 41.2 Å². The Morgan fingerprint density at radius 2 is 1.02 bits per heavy atom. The Morgan fingerprint density at radius 1 is 0.605 bits per heavy atom. The minimum atomic E-state index is -0.574. The van der Waals surface area contributed by atoms with Crippen molar-refractivity contribution in [1.29, 1.82) is 0 Å². The summed E-state index contributed by atoms with van der Waals surface area (Å²) in [6.07, 6.45) is -1.000. The smallest absolute Gasteiger partial charge is 0.407 e. The van der Waals surface area contributed by atoms with Crippen molar-refractivity contribution < 1.29 is 28.7 Å². The van der Waals surface area contributed by atoms with Crippen molar-refractivity contribution in [2.75, 3.05) is 10.6 Å². The zero-order chi connectivity index (χ0) is 31.8. The minimum absolute atomic E-state index is 0.293. The molecule has 3 aromatic carbocycles. The van der Waals surface area contributed by atoms with Crippen molar-refractivity contribution in [2.24, 2.45) is 0 Å². The van der Waals surface area contributed by atoms with E-state index in [1.54, 1.807) is 115 Å². The molecule has 10 heteroatoms. The summed E-state index contributed by atoms with van der Waals surface area (Å²) in [6.45, 7) is 13.1. The van der Waals surface area contributed by atoms with E-state index in [-0.39, 0.29) is 11.8 Å². The van der Waals surface area contributed by atoms with Gasteiger partial charge >= 0.3 is 12.2 Å². The van der Waals surface area contributed by atoms with E-state index in [0.717, 1.165) is 11.1 Å². The first-order valence-corrected chi connectivity index (χ1v) is 13.9. The summed E-state index contributed by atoms with van der Waals surface area (Å²) >= 11 is 0.